The van der Waals surface area contributed by atoms with Gasteiger partial charge in [-0.1, -0.05) is 67.6 Å². The van der Waals surface area contributed by atoms with Gasteiger partial charge in [0, 0.05) is 34.3 Å². The van der Waals surface area contributed by atoms with Gasteiger partial charge >= 0.3 is 0 Å². The van der Waals surface area contributed by atoms with Gasteiger partial charge in [0.1, 0.15) is 11.6 Å². The zero-order valence-electron chi connectivity index (χ0n) is 22.4. The Balaban J connectivity index is 1.59. The summed E-state index contributed by atoms with van der Waals surface area (Å²) in [5.41, 5.74) is 4.90. The molecule has 0 aliphatic carbocycles. The quantitative estimate of drug-likeness (QED) is 0.144. The molecule has 0 N–H and O–H groups in total. The van der Waals surface area contributed by atoms with Crippen molar-refractivity contribution in [1.29, 1.82) is 5.26 Å². The summed E-state index contributed by atoms with van der Waals surface area (Å²) in [5, 5.41) is 14.7. The number of aromatic nitrogens is 2. The molecule has 1 aromatic heterocycles. The SMILES string of the molecule is CCSc1ccc(-c2nn(-c3ccccc3)cc2/C=C2/C(=O)N(CCc3ccccc3)C(=O)C(C#N)=C2C)cc1. The van der Waals surface area contributed by atoms with Crippen LogP contribution >= 0.6 is 11.8 Å². The summed E-state index contributed by atoms with van der Waals surface area (Å²) < 4.78 is 1.78. The number of para-hydroxylation sites is 1. The molecule has 7 heteroatoms. The molecule has 2 heterocycles. The second-order valence-electron chi connectivity index (χ2n) is 9.34. The third-order valence-corrected chi connectivity index (χ3v) is 7.69. The van der Waals surface area contributed by atoms with Crippen molar-refractivity contribution >= 4 is 29.7 Å². The minimum Gasteiger partial charge on any atom is -0.273 e. The van der Waals surface area contributed by atoms with Gasteiger partial charge in [-0.25, -0.2) is 4.68 Å². The zero-order valence-corrected chi connectivity index (χ0v) is 23.2. The van der Waals surface area contributed by atoms with E-state index in [0.29, 0.717) is 23.3 Å². The van der Waals surface area contributed by atoms with E-state index in [1.807, 2.05) is 85.1 Å². The molecule has 0 fully saturated rings. The minimum absolute atomic E-state index is 0.0168. The molecule has 5 rings (SSSR count). The van der Waals surface area contributed by atoms with E-state index in [9.17, 15) is 14.9 Å². The summed E-state index contributed by atoms with van der Waals surface area (Å²) in [6, 6.07) is 29.7. The lowest BCUT2D eigenvalue weighted by atomic mass is 9.93. The average molecular weight is 545 g/mol. The van der Waals surface area contributed by atoms with Crippen LogP contribution in [0.25, 0.3) is 23.0 Å². The van der Waals surface area contributed by atoms with E-state index in [-0.39, 0.29) is 12.1 Å². The minimum atomic E-state index is -0.553. The highest BCUT2D eigenvalue weighted by molar-refractivity contribution is 7.99. The van der Waals surface area contributed by atoms with E-state index < -0.39 is 11.8 Å². The van der Waals surface area contributed by atoms with E-state index in [1.54, 1.807) is 29.4 Å². The van der Waals surface area contributed by atoms with Crippen LogP contribution in [0, 0.1) is 11.3 Å². The van der Waals surface area contributed by atoms with Gasteiger partial charge in [-0.2, -0.15) is 10.4 Å². The molecular formula is C33H28N4O2S. The van der Waals surface area contributed by atoms with E-state index in [0.717, 1.165) is 28.1 Å². The van der Waals surface area contributed by atoms with Crippen LogP contribution in [0.2, 0.25) is 0 Å². The first-order valence-electron chi connectivity index (χ1n) is 13.1. The normalized spacial score (nSPS) is 14.6. The smallest absolute Gasteiger partial charge is 0.271 e. The van der Waals surface area contributed by atoms with Crippen LogP contribution in [0.15, 0.2) is 113 Å². The number of nitrogens with zero attached hydrogens (tertiary/aromatic N) is 4. The fourth-order valence-electron chi connectivity index (χ4n) is 4.68. The number of nitriles is 1. The van der Waals surface area contributed by atoms with Crippen LogP contribution in [0.4, 0.5) is 0 Å². The Labute approximate surface area is 238 Å². The van der Waals surface area contributed by atoms with Gasteiger partial charge in [-0.15, -0.1) is 11.8 Å². The van der Waals surface area contributed by atoms with Crippen LogP contribution in [0.5, 0.6) is 0 Å². The highest BCUT2D eigenvalue weighted by Crippen LogP contribution is 2.32. The topological polar surface area (TPSA) is 79.0 Å². The van der Waals surface area contributed by atoms with Gasteiger partial charge < -0.3 is 0 Å². The summed E-state index contributed by atoms with van der Waals surface area (Å²) >= 11 is 1.76. The van der Waals surface area contributed by atoms with Crippen molar-refractivity contribution in [1.82, 2.24) is 14.7 Å². The summed E-state index contributed by atoms with van der Waals surface area (Å²) in [6.07, 6.45) is 4.14. The number of hydrogen-bond acceptors (Lipinski definition) is 5. The standard InChI is InChI=1S/C33H28N4O2S/c1-3-40-28-16-14-25(15-17-28)31-26(22-37(35-31)27-12-8-5-9-13-27)20-29-23(2)30(21-34)33(39)36(32(29)38)19-18-24-10-6-4-7-11-24/h4-17,20,22H,3,18-19H2,1-2H3/b29-20+. The molecule has 0 bridgehead atoms. The third-order valence-electron chi connectivity index (χ3n) is 6.79. The lowest BCUT2D eigenvalue weighted by molar-refractivity contribution is -0.140. The van der Waals surface area contributed by atoms with Crippen LogP contribution in [-0.4, -0.2) is 38.8 Å². The number of amides is 2. The second-order valence-corrected chi connectivity index (χ2v) is 10.7. The summed E-state index contributed by atoms with van der Waals surface area (Å²) in [6.45, 7) is 3.96. The van der Waals surface area contributed by atoms with Crippen molar-refractivity contribution in [3.63, 3.8) is 0 Å². The maximum Gasteiger partial charge on any atom is 0.271 e. The summed E-state index contributed by atoms with van der Waals surface area (Å²) in [7, 11) is 0. The fraction of sp³-hybridized carbons (Fsp3) is 0.152. The Kier molecular flexibility index (Phi) is 8.09. The van der Waals surface area contributed by atoms with Crippen LogP contribution in [0.1, 0.15) is 25.0 Å². The maximum atomic E-state index is 13.7. The molecule has 0 spiro atoms. The molecule has 3 aromatic carbocycles. The highest BCUT2D eigenvalue weighted by atomic mass is 32.2. The van der Waals surface area contributed by atoms with E-state index in [4.69, 9.17) is 5.10 Å². The molecule has 1 aliphatic rings. The van der Waals surface area contributed by atoms with Crippen molar-refractivity contribution in [2.45, 2.75) is 25.2 Å². The van der Waals surface area contributed by atoms with Gasteiger partial charge in [0.25, 0.3) is 11.8 Å². The zero-order chi connectivity index (χ0) is 28.1. The first kappa shape index (κ1) is 26.9. The summed E-state index contributed by atoms with van der Waals surface area (Å²) in [4.78, 5) is 29.2. The number of imide groups is 1. The molecule has 1 aliphatic heterocycles. The van der Waals surface area contributed by atoms with Gasteiger partial charge in [0.05, 0.1) is 11.4 Å². The molecule has 0 saturated carbocycles. The van der Waals surface area contributed by atoms with Crippen LogP contribution in [-0.2, 0) is 16.0 Å². The monoisotopic (exact) mass is 544 g/mol. The summed E-state index contributed by atoms with van der Waals surface area (Å²) in [5.74, 6) is 0.0150. The molecule has 4 aromatic rings. The van der Waals surface area contributed by atoms with Crippen molar-refractivity contribution in [2.24, 2.45) is 0 Å². The lowest BCUT2D eigenvalue weighted by Crippen LogP contribution is -2.43. The molecular weight excluding hydrogens is 516 g/mol. The highest BCUT2D eigenvalue weighted by Gasteiger charge is 2.35. The van der Waals surface area contributed by atoms with Crippen molar-refractivity contribution in [2.75, 3.05) is 12.3 Å². The molecule has 2 amide bonds. The van der Waals surface area contributed by atoms with E-state index in [1.165, 1.54) is 9.80 Å². The molecule has 0 saturated heterocycles. The number of thioether (sulfide) groups is 1. The Hall–Kier alpha value is -4.67. The fourth-order valence-corrected chi connectivity index (χ4v) is 5.34. The molecule has 0 radical (unpaired) electrons. The number of hydrogen-bond donors (Lipinski definition) is 0. The molecule has 0 unspecified atom stereocenters. The Bertz CT molecular complexity index is 1650. The van der Waals surface area contributed by atoms with Gasteiger partial charge in [-0.05, 0) is 60.6 Å². The van der Waals surface area contributed by atoms with E-state index in [2.05, 4.69) is 19.1 Å². The molecule has 198 valence electrons. The van der Waals surface area contributed by atoms with Crippen LogP contribution < -0.4 is 0 Å². The van der Waals surface area contributed by atoms with Gasteiger partial charge in [-0.3, -0.25) is 14.5 Å². The first-order valence-corrected chi connectivity index (χ1v) is 14.1. The van der Waals surface area contributed by atoms with E-state index >= 15 is 0 Å². The lowest BCUT2D eigenvalue weighted by Gasteiger charge is -2.27. The van der Waals surface area contributed by atoms with Crippen molar-refractivity contribution in [3.8, 4) is 23.0 Å². The van der Waals surface area contributed by atoms with Gasteiger partial charge in [0.2, 0.25) is 0 Å². The number of rotatable bonds is 8. The Morgan fingerprint density at radius 2 is 1.60 bits per heavy atom. The molecule has 6 nitrogen and oxygen atoms in total. The number of carbonyl (C=O) groups excluding carboxylic acids is 2. The number of carbonyl (C=O) groups is 2. The predicted molar refractivity (Wildman–Crippen MR) is 159 cm³/mol. The largest absolute Gasteiger partial charge is 0.273 e. The van der Waals surface area contributed by atoms with Crippen LogP contribution in [0.3, 0.4) is 0 Å². The first-order chi connectivity index (χ1) is 19.5. The second kappa shape index (κ2) is 12.0. The van der Waals surface area contributed by atoms with Crippen molar-refractivity contribution < 1.29 is 9.59 Å². The van der Waals surface area contributed by atoms with Crippen molar-refractivity contribution in [3.05, 3.63) is 119 Å². The molecule has 0 atom stereocenters. The average Bonchev–Trinajstić information content (AvgIpc) is 3.41. The number of benzene rings is 3. The maximum absolute atomic E-state index is 13.7. The van der Waals surface area contributed by atoms with Gasteiger partial charge in [0.15, 0.2) is 0 Å². The Morgan fingerprint density at radius 3 is 2.25 bits per heavy atom. The Morgan fingerprint density at radius 1 is 0.925 bits per heavy atom. The molecule has 40 heavy (non-hydrogen) atoms. The third kappa shape index (κ3) is 5.54. The predicted octanol–water partition coefficient (Wildman–Crippen LogP) is 6.49.